The third kappa shape index (κ3) is 1.40. The van der Waals surface area contributed by atoms with Crippen LogP contribution in [-0.2, 0) is 4.79 Å². The molecule has 0 aliphatic heterocycles. The summed E-state index contributed by atoms with van der Waals surface area (Å²) in [6.07, 6.45) is 0. The van der Waals surface area contributed by atoms with E-state index in [2.05, 4.69) is 5.73 Å². The topological polar surface area (TPSA) is 43.1 Å². The summed E-state index contributed by atoms with van der Waals surface area (Å²) < 4.78 is 33.8. The molecule has 5 heteroatoms. The van der Waals surface area contributed by atoms with E-state index in [4.69, 9.17) is 0 Å². The Morgan fingerprint density at radius 3 is 2.00 bits per heavy atom. The molecule has 0 aromatic heterocycles. The second kappa shape index (κ2) is 2.02. The maximum atomic E-state index is 11.4. The van der Waals surface area contributed by atoms with Gasteiger partial charge in [0.25, 0.3) is 5.91 Å². The van der Waals surface area contributed by atoms with Gasteiger partial charge in [0.15, 0.2) is 6.67 Å². The molecular formula is C3H4F3NO. The number of alkyl halides is 3. The van der Waals surface area contributed by atoms with Crippen molar-refractivity contribution in [3.8, 4) is 0 Å². The molecule has 0 saturated carbocycles. The van der Waals surface area contributed by atoms with Crippen LogP contribution in [0.5, 0.6) is 0 Å². The van der Waals surface area contributed by atoms with Crippen LogP contribution in [-0.4, -0.2) is 18.5 Å². The molecule has 0 aliphatic carbocycles. The molecule has 0 atom stereocenters. The Balaban J connectivity index is 3.91. The second-order valence-corrected chi connectivity index (χ2v) is 1.20. The molecule has 0 fully saturated rings. The van der Waals surface area contributed by atoms with Crippen LogP contribution in [0.4, 0.5) is 13.2 Å². The fourth-order valence-electron chi connectivity index (χ4n) is 0.0659. The lowest BCUT2D eigenvalue weighted by Crippen LogP contribution is -2.37. The standard InChI is InChI=1S/C3H4F3NO/c4-1-3(5,6)2(7)8/h1H2,(H2,7,8). The maximum Gasteiger partial charge on any atom is 0.351 e. The van der Waals surface area contributed by atoms with Crippen molar-refractivity contribution in [2.24, 2.45) is 5.73 Å². The zero-order valence-electron chi connectivity index (χ0n) is 3.83. The lowest BCUT2D eigenvalue weighted by atomic mass is 10.4. The Morgan fingerprint density at radius 2 is 2.00 bits per heavy atom. The second-order valence-electron chi connectivity index (χ2n) is 1.20. The normalized spacial score (nSPS) is 11.4. The minimum Gasteiger partial charge on any atom is -0.364 e. The number of nitrogens with two attached hydrogens (primary N) is 1. The zero-order chi connectivity index (χ0) is 6.78. The summed E-state index contributed by atoms with van der Waals surface area (Å²) in [5.74, 6) is -5.92. The van der Waals surface area contributed by atoms with Crippen molar-refractivity contribution in [3.05, 3.63) is 0 Å². The van der Waals surface area contributed by atoms with E-state index in [0.717, 1.165) is 0 Å². The van der Waals surface area contributed by atoms with E-state index in [1.165, 1.54) is 0 Å². The molecule has 0 aliphatic rings. The molecule has 0 heterocycles. The monoisotopic (exact) mass is 127 g/mol. The Labute approximate surface area is 43.5 Å². The van der Waals surface area contributed by atoms with Crippen LogP contribution < -0.4 is 5.73 Å². The molecule has 2 nitrogen and oxygen atoms in total. The van der Waals surface area contributed by atoms with E-state index in [0.29, 0.717) is 0 Å². The van der Waals surface area contributed by atoms with Crippen LogP contribution in [0.25, 0.3) is 0 Å². The minimum atomic E-state index is -3.99. The third-order valence-electron chi connectivity index (χ3n) is 0.528. The van der Waals surface area contributed by atoms with Crippen LogP contribution in [0.2, 0.25) is 0 Å². The van der Waals surface area contributed by atoms with E-state index in [9.17, 15) is 18.0 Å². The van der Waals surface area contributed by atoms with Crippen LogP contribution >= 0.6 is 0 Å². The lowest BCUT2D eigenvalue weighted by Gasteiger charge is -2.03. The maximum absolute atomic E-state index is 11.4. The highest BCUT2D eigenvalue weighted by Crippen LogP contribution is 2.11. The Kier molecular flexibility index (Phi) is 1.83. The van der Waals surface area contributed by atoms with Gasteiger partial charge in [-0.05, 0) is 0 Å². The highest BCUT2D eigenvalue weighted by molar-refractivity contribution is 5.81. The first kappa shape index (κ1) is 7.26. The van der Waals surface area contributed by atoms with Crippen LogP contribution in [0.3, 0.4) is 0 Å². The highest BCUT2D eigenvalue weighted by Gasteiger charge is 2.36. The summed E-state index contributed by atoms with van der Waals surface area (Å²) >= 11 is 0. The van der Waals surface area contributed by atoms with E-state index < -0.39 is 18.5 Å². The van der Waals surface area contributed by atoms with Crippen molar-refractivity contribution in [1.82, 2.24) is 0 Å². The molecule has 0 unspecified atom stereocenters. The first-order chi connectivity index (χ1) is 3.50. The third-order valence-corrected chi connectivity index (χ3v) is 0.528. The fraction of sp³-hybridized carbons (Fsp3) is 0.667. The van der Waals surface area contributed by atoms with Crippen molar-refractivity contribution in [2.45, 2.75) is 5.92 Å². The number of primary amides is 1. The van der Waals surface area contributed by atoms with Crippen molar-refractivity contribution >= 4 is 5.91 Å². The van der Waals surface area contributed by atoms with Gasteiger partial charge < -0.3 is 5.73 Å². The first-order valence-corrected chi connectivity index (χ1v) is 1.74. The average Bonchev–Trinajstić information content (AvgIpc) is 1.67. The molecule has 0 radical (unpaired) electrons. The molecule has 8 heavy (non-hydrogen) atoms. The number of amides is 1. The molecule has 0 spiro atoms. The van der Waals surface area contributed by atoms with Crippen LogP contribution in [0, 0.1) is 0 Å². The van der Waals surface area contributed by atoms with Crippen molar-refractivity contribution < 1.29 is 18.0 Å². The number of hydrogen-bond donors (Lipinski definition) is 1. The molecule has 0 aromatic carbocycles. The zero-order valence-corrected chi connectivity index (χ0v) is 3.83. The van der Waals surface area contributed by atoms with Gasteiger partial charge >= 0.3 is 5.92 Å². The van der Waals surface area contributed by atoms with Gasteiger partial charge in [-0.15, -0.1) is 0 Å². The smallest absolute Gasteiger partial charge is 0.351 e. The van der Waals surface area contributed by atoms with Gasteiger partial charge in [-0.1, -0.05) is 0 Å². The average molecular weight is 127 g/mol. The number of rotatable bonds is 2. The van der Waals surface area contributed by atoms with Gasteiger partial charge in [0.05, 0.1) is 0 Å². The summed E-state index contributed by atoms with van der Waals surface area (Å²) in [4.78, 5) is 9.48. The van der Waals surface area contributed by atoms with Gasteiger partial charge in [0.1, 0.15) is 0 Å². The number of carbonyl (C=O) groups is 1. The molecule has 0 aromatic rings. The lowest BCUT2D eigenvalue weighted by molar-refractivity contribution is -0.143. The fourth-order valence-corrected chi connectivity index (χ4v) is 0.0659. The Hall–Kier alpha value is -0.740. The molecule has 1 amide bonds. The van der Waals surface area contributed by atoms with E-state index in [1.807, 2.05) is 0 Å². The molecule has 0 rings (SSSR count). The van der Waals surface area contributed by atoms with Gasteiger partial charge in [0, 0.05) is 0 Å². The summed E-state index contributed by atoms with van der Waals surface area (Å²) in [7, 11) is 0. The minimum absolute atomic E-state index is 1.93. The predicted octanol–water partition coefficient (Wildman–Crippen LogP) is 0.0765. The van der Waals surface area contributed by atoms with Gasteiger partial charge in [0.2, 0.25) is 0 Å². The number of halogens is 3. The van der Waals surface area contributed by atoms with Crippen molar-refractivity contribution in [3.63, 3.8) is 0 Å². The first-order valence-electron chi connectivity index (χ1n) is 1.74. The largest absolute Gasteiger partial charge is 0.364 e. The Bertz CT molecular complexity index is 103. The summed E-state index contributed by atoms with van der Waals surface area (Å²) in [5, 5.41) is 0. The van der Waals surface area contributed by atoms with Gasteiger partial charge in [-0.25, -0.2) is 4.39 Å². The predicted molar refractivity (Wildman–Crippen MR) is 20.1 cm³/mol. The Morgan fingerprint density at radius 1 is 1.62 bits per heavy atom. The van der Waals surface area contributed by atoms with E-state index in [1.54, 1.807) is 0 Å². The van der Waals surface area contributed by atoms with Gasteiger partial charge in [-0.3, -0.25) is 4.79 Å². The summed E-state index contributed by atoms with van der Waals surface area (Å²) in [5.41, 5.74) is 4.05. The van der Waals surface area contributed by atoms with Crippen molar-refractivity contribution in [2.75, 3.05) is 6.67 Å². The van der Waals surface area contributed by atoms with Crippen LogP contribution in [0.1, 0.15) is 0 Å². The van der Waals surface area contributed by atoms with Crippen LogP contribution in [0.15, 0.2) is 0 Å². The SMILES string of the molecule is NC(=O)C(F)(F)CF. The molecule has 0 saturated heterocycles. The molecular weight excluding hydrogens is 123 g/mol. The van der Waals surface area contributed by atoms with E-state index in [-0.39, 0.29) is 0 Å². The quantitative estimate of drug-likeness (QED) is 0.560. The van der Waals surface area contributed by atoms with Gasteiger partial charge in [-0.2, -0.15) is 8.78 Å². The summed E-state index contributed by atoms with van der Waals surface area (Å²) in [6.45, 7) is -2.03. The van der Waals surface area contributed by atoms with E-state index >= 15 is 0 Å². The molecule has 0 bridgehead atoms. The van der Waals surface area contributed by atoms with Crippen molar-refractivity contribution in [1.29, 1.82) is 0 Å². The number of carbonyl (C=O) groups excluding carboxylic acids is 1. The summed E-state index contributed by atoms with van der Waals surface area (Å²) in [6, 6.07) is 0. The number of hydrogen-bond acceptors (Lipinski definition) is 1. The molecule has 2 N–H and O–H groups in total. The molecule has 48 valence electrons. The highest BCUT2D eigenvalue weighted by atomic mass is 19.3.